The van der Waals surface area contributed by atoms with E-state index in [1.54, 1.807) is 39.0 Å². The van der Waals surface area contributed by atoms with E-state index in [1.807, 2.05) is 0 Å². The molecule has 0 aromatic heterocycles. The molecule has 1 saturated heterocycles. The molecule has 1 aromatic carbocycles. The van der Waals surface area contributed by atoms with Gasteiger partial charge in [-0.1, -0.05) is 32.0 Å². The number of hydrogen-bond acceptors (Lipinski definition) is 11. The van der Waals surface area contributed by atoms with E-state index in [0.29, 0.717) is 5.57 Å². The number of aliphatic hydroxyl groups excluding tert-OH is 2. The van der Waals surface area contributed by atoms with Gasteiger partial charge in [0.05, 0.1) is 35.7 Å². The first kappa shape index (κ1) is 33.9. The van der Waals surface area contributed by atoms with Gasteiger partial charge in [-0.3, -0.25) is 14.4 Å². The van der Waals surface area contributed by atoms with Gasteiger partial charge in [0.2, 0.25) is 0 Å². The van der Waals surface area contributed by atoms with Gasteiger partial charge in [0, 0.05) is 64.8 Å². The van der Waals surface area contributed by atoms with Crippen molar-refractivity contribution in [3.8, 4) is 0 Å². The third-order valence-electron chi connectivity index (χ3n) is 10.2. The fourth-order valence-electron chi connectivity index (χ4n) is 7.91. The normalized spacial score (nSPS) is 39.4. The molecule has 9 atom stereocenters. The number of esters is 3. The predicted molar refractivity (Wildman–Crippen MR) is 145 cm³/mol. The predicted octanol–water partition coefficient (Wildman–Crippen LogP) is 1.65. The van der Waals surface area contributed by atoms with Crippen molar-refractivity contribution in [3.05, 3.63) is 47.0 Å². The molecule has 43 heavy (non-hydrogen) atoms. The van der Waals surface area contributed by atoms with E-state index in [1.165, 1.54) is 26.0 Å². The molecular weight excluding hydrogens is 637 g/mol. The van der Waals surface area contributed by atoms with Crippen LogP contribution in [0.1, 0.15) is 64.7 Å². The molecule has 0 spiro atoms. The van der Waals surface area contributed by atoms with Crippen LogP contribution in [0, 0.1) is 16.7 Å². The Bertz CT molecular complexity index is 1360. The zero-order chi connectivity index (χ0) is 31.0. The van der Waals surface area contributed by atoms with Crippen molar-refractivity contribution in [2.45, 2.75) is 96.1 Å². The first-order chi connectivity index (χ1) is 19.5. The summed E-state index contributed by atoms with van der Waals surface area (Å²) in [7, 11) is 0. The van der Waals surface area contributed by atoms with Crippen LogP contribution in [0.15, 0.2) is 41.5 Å². The van der Waals surface area contributed by atoms with Crippen molar-refractivity contribution in [3.63, 3.8) is 0 Å². The summed E-state index contributed by atoms with van der Waals surface area (Å²) in [6.45, 7) is 8.42. The van der Waals surface area contributed by atoms with E-state index in [2.05, 4.69) is 0 Å². The maximum absolute atomic E-state index is 14.8. The monoisotopic (exact) mass is 675 g/mol. The number of hydrogen-bond donors (Lipinski definition) is 3. The molecule has 2 saturated carbocycles. The van der Waals surface area contributed by atoms with Crippen LogP contribution in [0.2, 0.25) is 0 Å². The summed E-state index contributed by atoms with van der Waals surface area (Å²) in [4.78, 5) is 53.4. The van der Waals surface area contributed by atoms with Crippen molar-refractivity contribution >= 4 is 23.7 Å². The van der Waals surface area contributed by atoms with Gasteiger partial charge in [-0.15, -0.1) is 0 Å². The Morgan fingerprint density at radius 2 is 1.63 bits per heavy atom. The first-order valence-corrected chi connectivity index (χ1v) is 14.1. The molecule has 0 amide bonds. The van der Waals surface area contributed by atoms with Crippen molar-refractivity contribution in [1.82, 2.24) is 0 Å². The van der Waals surface area contributed by atoms with E-state index in [-0.39, 0.29) is 63.3 Å². The maximum atomic E-state index is 14.8. The molecule has 5 rings (SSSR count). The average molecular weight is 676 g/mol. The van der Waals surface area contributed by atoms with Gasteiger partial charge in [-0.05, 0) is 37.1 Å². The van der Waals surface area contributed by atoms with Gasteiger partial charge in [0.1, 0.15) is 17.8 Å². The Morgan fingerprint density at radius 1 is 1.00 bits per heavy atom. The molecule has 3 N–H and O–H groups in total. The molecule has 12 heteroatoms. The minimum Gasteiger partial charge on any atom is -0.455 e. The van der Waals surface area contributed by atoms with E-state index >= 15 is 0 Å². The Kier molecular flexibility index (Phi) is 8.99. The van der Waals surface area contributed by atoms with E-state index in [0.717, 1.165) is 6.92 Å². The minimum absolute atomic E-state index is 0. The minimum atomic E-state index is -2.11. The van der Waals surface area contributed by atoms with Gasteiger partial charge in [0.25, 0.3) is 0 Å². The van der Waals surface area contributed by atoms with E-state index in [4.69, 9.17) is 18.9 Å². The summed E-state index contributed by atoms with van der Waals surface area (Å²) in [5, 5.41) is 35.8. The standard InChI is InChI=1S/C31H38O11.Y/c1-15-19(34)13-31(38)26(41-27(37)18-10-8-7-9-11-18)24-29(6,20(35)12-21-30(24,14-39-21)42-17(3)33)25(36)23(40-16(2)32)22(15)28(31,4)5;/h7-11,19-21,23-24,26,34-35,38H,12-14H2,1-6H3;/t19-,20-,21+,23+,24-,26-,29+,30-,31+;/m0./s1. The van der Waals surface area contributed by atoms with Gasteiger partial charge < -0.3 is 34.3 Å². The number of ether oxygens (including phenoxy) is 4. The fourth-order valence-corrected chi connectivity index (χ4v) is 7.91. The Balaban J connectivity index is 0.00000423. The Labute approximate surface area is 275 Å². The van der Waals surface area contributed by atoms with Crippen molar-refractivity contribution < 1.29 is 86.2 Å². The van der Waals surface area contributed by atoms with Crippen LogP contribution in [0.3, 0.4) is 0 Å². The fraction of sp³-hybridized carbons (Fsp3) is 0.613. The average Bonchev–Trinajstić information content (AvgIpc) is 2.90. The second kappa shape index (κ2) is 11.4. The summed E-state index contributed by atoms with van der Waals surface area (Å²) >= 11 is 0. The molecule has 2 bridgehead atoms. The SMILES string of the molecule is CC(=O)O[C@H]1C(=O)[C@@]2(C)[C@H]([C@H](OC(=O)c3ccccc3)[C@]3(O)C[C@H](O)C(C)=C1C3(C)C)[C@]1(OC(C)=O)CO[C@@H]1C[C@@H]2O.[Y]. The van der Waals surface area contributed by atoms with Crippen molar-refractivity contribution in [1.29, 1.82) is 0 Å². The number of Topliss-reactive ketones (excluding diaryl/α,β-unsaturated/α-hetero) is 1. The van der Waals surface area contributed by atoms with E-state index < -0.39 is 82.2 Å². The molecule has 0 unspecified atom stereocenters. The van der Waals surface area contributed by atoms with Gasteiger partial charge in [-0.25, -0.2) is 4.79 Å². The number of fused-ring (bicyclic) bond motifs is 5. The summed E-state index contributed by atoms with van der Waals surface area (Å²) in [5.41, 5.74) is -6.38. The van der Waals surface area contributed by atoms with Gasteiger partial charge in [-0.2, -0.15) is 0 Å². The number of rotatable bonds is 4. The molecule has 1 heterocycles. The second-order valence-electron chi connectivity index (χ2n) is 12.8. The van der Waals surface area contributed by atoms with Gasteiger partial charge >= 0.3 is 17.9 Å². The molecule has 231 valence electrons. The molecule has 1 aromatic rings. The molecular formula is C31H38O11Y. The summed E-state index contributed by atoms with van der Waals surface area (Å²) in [6.07, 6.45) is -7.27. The second-order valence-corrected chi connectivity index (χ2v) is 12.8. The Morgan fingerprint density at radius 3 is 2.16 bits per heavy atom. The summed E-state index contributed by atoms with van der Waals surface area (Å²) in [5.74, 6) is -4.41. The van der Waals surface area contributed by atoms with E-state index in [9.17, 15) is 34.5 Å². The number of carbonyl (C=O) groups excluding carboxylic acids is 4. The molecule has 1 aliphatic heterocycles. The molecule has 4 aliphatic rings. The topological polar surface area (TPSA) is 166 Å². The van der Waals surface area contributed by atoms with Crippen LogP contribution in [0.4, 0.5) is 0 Å². The zero-order valence-electron chi connectivity index (χ0n) is 25.2. The van der Waals surface area contributed by atoms with Crippen LogP contribution in [0.5, 0.6) is 0 Å². The smallest absolute Gasteiger partial charge is 0.338 e. The zero-order valence-corrected chi connectivity index (χ0v) is 28.0. The van der Waals surface area contributed by atoms with Crippen molar-refractivity contribution in [2.75, 3.05) is 6.61 Å². The van der Waals surface area contributed by atoms with Crippen molar-refractivity contribution in [2.24, 2.45) is 16.7 Å². The van der Waals surface area contributed by atoms with Crippen LogP contribution < -0.4 is 0 Å². The van der Waals surface area contributed by atoms with Crippen LogP contribution in [0.25, 0.3) is 0 Å². The number of ketones is 1. The third-order valence-corrected chi connectivity index (χ3v) is 10.2. The van der Waals surface area contributed by atoms with Crippen LogP contribution >= 0.6 is 0 Å². The number of benzene rings is 1. The van der Waals surface area contributed by atoms with Crippen LogP contribution in [-0.2, 0) is 66.0 Å². The molecule has 3 aliphatic carbocycles. The largest absolute Gasteiger partial charge is 0.455 e. The number of carbonyl (C=O) groups is 4. The Hall–Kier alpha value is -2.02. The third kappa shape index (κ3) is 4.86. The number of aliphatic hydroxyl groups is 3. The summed E-state index contributed by atoms with van der Waals surface area (Å²) < 4.78 is 23.5. The molecule has 11 nitrogen and oxygen atoms in total. The van der Waals surface area contributed by atoms with Gasteiger partial charge in [0.15, 0.2) is 17.5 Å². The molecule has 1 radical (unpaired) electrons. The maximum Gasteiger partial charge on any atom is 0.338 e. The molecule has 3 fully saturated rings. The van der Waals surface area contributed by atoms with Crippen LogP contribution in [-0.4, -0.2) is 87.3 Å². The first-order valence-electron chi connectivity index (χ1n) is 14.1. The quantitative estimate of drug-likeness (QED) is 0.241. The summed E-state index contributed by atoms with van der Waals surface area (Å²) in [6, 6.07) is 8.05.